The van der Waals surface area contributed by atoms with Crippen LogP contribution in [0, 0.1) is 11.3 Å². The van der Waals surface area contributed by atoms with E-state index in [1.54, 1.807) is 67.9 Å². The molecule has 0 bridgehead atoms. The van der Waals surface area contributed by atoms with E-state index in [0.29, 0.717) is 69.4 Å². The zero-order valence-corrected chi connectivity index (χ0v) is 79.8. The van der Waals surface area contributed by atoms with E-state index in [2.05, 4.69) is 73.4 Å². The first-order valence-corrected chi connectivity index (χ1v) is 47.8. The zero-order valence-electron chi connectivity index (χ0n) is 77.4. The van der Waals surface area contributed by atoms with Crippen molar-refractivity contribution in [1.29, 1.82) is 5.41 Å². The maximum Gasteiger partial charge on any atom is 0.246 e. The van der Waals surface area contributed by atoms with E-state index in [1.165, 1.54) is 64.1 Å². The van der Waals surface area contributed by atoms with Crippen LogP contribution >= 0.6 is 34.7 Å². The number of nitrogens with one attached hydrogen (secondary N) is 14. The van der Waals surface area contributed by atoms with Crippen LogP contribution in [0.4, 0.5) is 0 Å². The number of fused-ring (bicyclic) bond motifs is 4. The number of thiophene rings is 1. The monoisotopic (exact) mass is 1940 g/mol. The van der Waals surface area contributed by atoms with E-state index in [0.717, 1.165) is 41.0 Å². The third-order valence-electron chi connectivity index (χ3n) is 24.2. The maximum absolute atomic E-state index is 15.8. The molecule has 0 aliphatic carbocycles. The minimum atomic E-state index is -1.88. The topological polar surface area (TPSA) is 626 Å². The number of carbonyl (C=O) groups is 17. The number of aliphatic hydroxyl groups is 2. The van der Waals surface area contributed by atoms with Crippen molar-refractivity contribution < 1.29 is 91.7 Å². The van der Waals surface area contributed by atoms with Gasteiger partial charge in [-0.25, -0.2) is 4.98 Å². The Hall–Kier alpha value is -12.8. The molecule has 0 spiro atoms. The highest BCUT2D eigenvalue weighted by Gasteiger charge is 2.47. The summed E-state index contributed by atoms with van der Waals surface area (Å²) in [6.45, 7) is 6.08. The van der Waals surface area contributed by atoms with Crippen LogP contribution < -0.4 is 75.7 Å². The molecule has 3 fully saturated rings. The molecule has 45 heteroatoms. The Labute approximate surface area is 800 Å². The predicted octanol–water partition coefficient (Wildman–Crippen LogP) is -1.25. The molecule has 3 aromatic carbocycles. The van der Waals surface area contributed by atoms with Gasteiger partial charge in [0.1, 0.15) is 84.6 Å². The summed E-state index contributed by atoms with van der Waals surface area (Å²) in [7, 11) is 3.94. The van der Waals surface area contributed by atoms with Crippen LogP contribution in [0.15, 0.2) is 96.9 Å². The van der Waals surface area contributed by atoms with E-state index >= 15 is 38.4 Å². The number of hydrogen-bond donors (Lipinski definition) is 19. The second-order valence-electron chi connectivity index (χ2n) is 34.8. The van der Waals surface area contributed by atoms with Gasteiger partial charge in [-0.15, -0.1) is 23.1 Å². The number of likely N-dealkylation sites (N-methyl/N-ethyl adjacent to an activating group) is 3. The highest BCUT2D eigenvalue weighted by atomic mass is 35.5. The Balaban J connectivity index is 1.10. The maximum atomic E-state index is 15.8. The highest BCUT2D eigenvalue weighted by Crippen LogP contribution is 2.30. The number of nitrogens with two attached hydrogens (primary N) is 3. The molecule has 6 heterocycles. The number of guanidine groups is 1. The van der Waals surface area contributed by atoms with Gasteiger partial charge >= 0.3 is 0 Å². The molecule has 136 heavy (non-hydrogen) atoms. The molecule has 3 aromatic heterocycles. The Kier molecular flexibility index (Phi) is 40.2. The van der Waals surface area contributed by atoms with E-state index in [-0.39, 0.29) is 96.1 Å². The molecule has 6 aromatic rings. The standard InChI is InChI=1S/C91H126ClN23O19S2/c1-9-11-23-69-83(127)103-60(22-17-31-98-91(95)96)79(123)110-68(78(122)100-42-75(94)119)46-135-47-76(120)102-64(34-51-27-29-54(92)30-28-51)86(130)111(6)50(5)77(121)106-66(39-74(93)118)88(132)114-32-18-25-70(114)84(128)105-62(37-55-41-97-48-101-55)81(125)107-63(33-49(3)4)89(133)115-43-56(117)38-72(115)85(129)104-61(35-52-40-99-59-21-15-13-19-57(52)59)80(124)109-67(44-116)82(126)108-65(36-53-45-136-73-26-16-14-20-58(53)73)87(131)113(8)71(24-12-10-2)90(134)112(69)7/h13-16,19-21,26-30,40-41,45,48-50,56,60-72,99,116-117H,9-12,17-18,22-25,31-39,42-44,46-47H2,1-8H3,(H2,93,118)(H2,94,119)(H,97,101)(H,100,122)(H,102,120)(H,103,127)(H,104,129)(H,105,128)(H,106,121)(H,107,125)(H,108,126)(H,109,124)(H,110,123)(H4,95,96,98)/t50-,56+,60-,61-,62-,63-,64-,65-,66-,67-,68-,69-,70-,71-,72-/m0/s1. The second kappa shape index (κ2) is 51.2. The first kappa shape index (κ1) is 107. The quantitative estimate of drug-likeness (QED) is 0.0171. The van der Waals surface area contributed by atoms with Crippen molar-refractivity contribution in [2.75, 3.05) is 65.4 Å². The number of aliphatic hydroxyl groups excluding tert-OH is 2. The van der Waals surface area contributed by atoms with Crippen molar-refractivity contribution >= 4 is 162 Å². The lowest BCUT2D eigenvalue weighted by Gasteiger charge is -2.36. The first-order valence-electron chi connectivity index (χ1n) is 45.4. The number of para-hydroxylation sites is 1. The van der Waals surface area contributed by atoms with Crippen molar-refractivity contribution in [1.82, 2.24) is 97.9 Å². The number of aromatic nitrogens is 3. The fourth-order valence-corrected chi connectivity index (χ4v) is 18.6. The van der Waals surface area contributed by atoms with Crippen LogP contribution in [0.2, 0.25) is 5.02 Å². The first-order chi connectivity index (χ1) is 64.8. The number of primary amides is 2. The second-order valence-corrected chi connectivity index (χ2v) is 37.2. The lowest BCUT2D eigenvalue weighted by Crippen LogP contribution is -2.62. The van der Waals surface area contributed by atoms with Gasteiger partial charge in [0.2, 0.25) is 100 Å². The Morgan fingerprint density at radius 2 is 1.16 bits per heavy atom. The molecule has 15 atom stereocenters. The number of unbranched alkanes of at least 4 members (excludes halogenated alkanes) is 2. The predicted molar refractivity (Wildman–Crippen MR) is 507 cm³/mol. The Morgan fingerprint density at radius 3 is 1.82 bits per heavy atom. The van der Waals surface area contributed by atoms with E-state index in [1.807, 2.05) is 32.0 Å². The summed E-state index contributed by atoms with van der Waals surface area (Å²) in [5.74, 6) is -17.7. The van der Waals surface area contributed by atoms with Gasteiger partial charge in [-0.1, -0.05) is 114 Å². The molecule has 0 unspecified atom stereocenters. The van der Waals surface area contributed by atoms with Gasteiger partial charge in [-0.05, 0) is 110 Å². The number of hydrogen-bond acceptors (Lipinski definition) is 23. The highest BCUT2D eigenvalue weighted by molar-refractivity contribution is 8.00. The SMILES string of the molecule is CCCC[C@H]1C(=O)N(C)[C@@H](CCCC)C(=O)N[C@@H](CCCNC(=N)N)C(=O)N[C@H](C(=O)NCC(N)=O)CSCC(=O)N[C@@H](Cc2ccc(Cl)cc2)C(=O)N(C)[C@@H](C)C(=O)N[C@@H](CC(N)=O)C(=O)N2CCC[C@H]2C(=O)N[C@@H](Cc2cnc[nH]2)C(=O)N[C@@H](CC(C)C)C(=O)N2C[C@H](O)C[C@H]2C(=O)N[C@@H](Cc2c[nH]c3ccccc23)C(=O)N[C@@H](CO)C(=O)N[C@@H](Cc2csc3ccccc23)C(=O)N1C. The number of H-pyrrole nitrogens is 2. The van der Waals surface area contributed by atoms with Gasteiger partial charge in [0, 0.05) is 117 Å². The molecule has 17 amide bonds. The van der Waals surface area contributed by atoms with Crippen LogP contribution in [0.3, 0.4) is 0 Å². The Morgan fingerprint density at radius 1 is 0.581 bits per heavy atom. The van der Waals surface area contributed by atoms with E-state index < -0.39 is 235 Å². The number of amides is 17. The molecule has 0 saturated carbocycles. The van der Waals surface area contributed by atoms with Crippen LogP contribution in [-0.2, 0) is 107 Å². The molecule has 3 aliphatic rings. The summed E-state index contributed by atoms with van der Waals surface area (Å²) in [6, 6.07) is -1.22. The van der Waals surface area contributed by atoms with Crippen LogP contribution in [0.25, 0.3) is 21.0 Å². The number of halogens is 1. The average Bonchev–Trinajstić information content (AvgIpc) is 1.53. The minimum absolute atomic E-state index is 0.00135. The number of rotatable bonds is 26. The third kappa shape index (κ3) is 29.8. The van der Waals surface area contributed by atoms with Crippen LogP contribution in [0.5, 0.6) is 0 Å². The average molecular weight is 1950 g/mol. The molecule has 9 rings (SSSR count). The summed E-state index contributed by atoms with van der Waals surface area (Å²) in [5.41, 5.74) is 19.3. The molecule has 738 valence electrons. The van der Waals surface area contributed by atoms with Gasteiger partial charge in [0.15, 0.2) is 5.96 Å². The fraction of sp³-hybridized carbons (Fsp3) is 0.527. The number of benzene rings is 3. The lowest BCUT2D eigenvalue weighted by atomic mass is 10.00. The zero-order chi connectivity index (χ0) is 99.3. The number of thioether (sulfide) groups is 1. The summed E-state index contributed by atoms with van der Waals surface area (Å²) < 4.78 is 0.813. The van der Waals surface area contributed by atoms with Crippen LogP contribution in [0.1, 0.15) is 140 Å². The number of aromatic amines is 2. The molecule has 3 saturated heterocycles. The fourth-order valence-electron chi connectivity index (χ4n) is 16.7. The Bertz CT molecular complexity index is 5260. The summed E-state index contributed by atoms with van der Waals surface area (Å²) in [5, 5.41) is 63.2. The van der Waals surface area contributed by atoms with Crippen LogP contribution in [-0.4, -0.2) is 312 Å². The van der Waals surface area contributed by atoms with E-state index in [4.69, 9.17) is 34.2 Å². The normalized spacial score (nSPS) is 24.7. The van der Waals surface area contributed by atoms with E-state index in [9.17, 15) is 53.4 Å². The molecule has 42 nitrogen and oxygen atoms in total. The number of carbonyl (C=O) groups excluding carboxylic acids is 17. The van der Waals surface area contributed by atoms with Crippen molar-refractivity contribution in [2.45, 2.75) is 234 Å². The number of nitrogens with zero attached hydrogens (tertiary/aromatic N) is 6. The van der Waals surface area contributed by atoms with Gasteiger partial charge < -0.3 is 120 Å². The van der Waals surface area contributed by atoms with Gasteiger partial charge in [-0.2, -0.15) is 0 Å². The number of imidazole rings is 1. The smallest absolute Gasteiger partial charge is 0.246 e. The largest absolute Gasteiger partial charge is 0.394 e. The molecule has 3 aliphatic heterocycles. The van der Waals surface area contributed by atoms with Crippen molar-refractivity contribution in [2.24, 2.45) is 23.1 Å². The third-order valence-corrected chi connectivity index (χ3v) is 26.5. The van der Waals surface area contributed by atoms with Gasteiger partial charge in [-0.3, -0.25) is 86.9 Å². The molecule has 0 radical (unpaired) electrons. The van der Waals surface area contributed by atoms with Crippen molar-refractivity contribution in [3.63, 3.8) is 0 Å². The van der Waals surface area contributed by atoms with Gasteiger partial charge in [0.25, 0.3) is 0 Å². The summed E-state index contributed by atoms with van der Waals surface area (Å²) in [4.78, 5) is 266. The summed E-state index contributed by atoms with van der Waals surface area (Å²) >= 11 is 8.39. The molecule has 22 N–H and O–H groups in total. The molecular weight excluding hydrogens is 1820 g/mol. The van der Waals surface area contributed by atoms with Gasteiger partial charge in [0.05, 0.1) is 37.8 Å². The van der Waals surface area contributed by atoms with Crippen molar-refractivity contribution in [3.05, 3.63) is 124 Å². The molecular formula is C91H126ClN23O19S2. The van der Waals surface area contributed by atoms with Crippen molar-refractivity contribution in [3.8, 4) is 0 Å². The lowest BCUT2D eigenvalue weighted by molar-refractivity contribution is -0.149. The minimum Gasteiger partial charge on any atom is -0.394 e. The summed E-state index contributed by atoms with van der Waals surface area (Å²) in [6.07, 6.45) is 2.25.